The Morgan fingerprint density at radius 3 is 1.33 bits per heavy atom. The molecule has 2 heterocycles. The molecule has 2 aliphatic heterocycles. The van der Waals surface area contributed by atoms with E-state index in [2.05, 4.69) is 10.6 Å². The van der Waals surface area contributed by atoms with Gasteiger partial charge in [0.25, 0.3) is 23.6 Å². The van der Waals surface area contributed by atoms with Crippen LogP contribution in [-0.2, 0) is 28.8 Å². The minimum atomic E-state index is -0.427. The fourth-order valence-electron chi connectivity index (χ4n) is 2.45. The van der Waals surface area contributed by atoms with Gasteiger partial charge in [-0.1, -0.05) is 0 Å². The maximum absolute atomic E-state index is 11.7. The summed E-state index contributed by atoms with van der Waals surface area (Å²) in [5, 5.41) is 5.27. The van der Waals surface area contributed by atoms with Crippen LogP contribution in [0.1, 0.15) is 19.3 Å². The van der Waals surface area contributed by atoms with E-state index in [9.17, 15) is 28.8 Å². The molecule has 0 aromatic heterocycles. The van der Waals surface area contributed by atoms with Crippen LogP contribution in [0.15, 0.2) is 24.3 Å². The lowest BCUT2D eigenvalue weighted by Gasteiger charge is -2.14. The van der Waals surface area contributed by atoms with E-state index in [4.69, 9.17) is 0 Å². The number of carbonyl (C=O) groups excluding carboxylic acids is 6. The molecule has 0 fully saturated rings. The molecule has 144 valence electrons. The van der Waals surface area contributed by atoms with Crippen molar-refractivity contribution in [1.29, 1.82) is 0 Å². The highest BCUT2D eigenvalue weighted by Crippen LogP contribution is 2.04. The highest BCUT2D eigenvalue weighted by Gasteiger charge is 2.24. The van der Waals surface area contributed by atoms with Crippen molar-refractivity contribution in [1.82, 2.24) is 20.4 Å². The standard InChI is InChI=1S/C17H20N4O6/c22-12(6-10-20-14(24)2-3-15(20)25)18-8-1-9-19-13(23)7-11-21-16(26)4-5-17(21)27/h2-5H,1,6-11H2,(H,18,22)(H,19,23). The Morgan fingerprint density at radius 2 is 1.00 bits per heavy atom. The third-order valence-corrected chi connectivity index (χ3v) is 3.92. The van der Waals surface area contributed by atoms with Crippen molar-refractivity contribution < 1.29 is 28.8 Å². The Morgan fingerprint density at radius 1 is 0.667 bits per heavy atom. The molecule has 0 saturated heterocycles. The van der Waals surface area contributed by atoms with Gasteiger partial charge >= 0.3 is 0 Å². The molecule has 0 atom stereocenters. The lowest BCUT2D eigenvalue weighted by Crippen LogP contribution is -2.36. The van der Waals surface area contributed by atoms with Crippen LogP contribution in [0.3, 0.4) is 0 Å². The zero-order valence-electron chi connectivity index (χ0n) is 14.6. The first-order chi connectivity index (χ1) is 12.9. The van der Waals surface area contributed by atoms with Gasteiger partial charge in [-0.15, -0.1) is 0 Å². The van der Waals surface area contributed by atoms with Gasteiger partial charge in [-0.3, -0.25) is 38.6 Å². The van der Waals surface area contributed by atoms with Crippen LogP contribution in [0.2, 0.25) is 0 Å². The summed E-state index contributed by atoms with van der Waals surface area (Å²) in [6, 6.07) is 0. The molecule has 0 radical (unpaired) electrons. The first-order valence-electron chi connectivity index (χ1n) is 8.49. The van der Waals surface area contributed by atoms with E-state index in [0.717, 1.165) is 34.1 Å². The number of hydrogen-bond donors (Lipinski definition) is 2. The highest BCUT2D eigenvalue weighted by atomic mass is 16.2. The first-order valence-corrected chi connectivity index (χ1v) is 8.49. The van der Waals surface area contributed by atoms with E-state index in [-0.39, 0.29) is 37.7 Å². The molecule has 0 saturated carbocycles. The smallest absolute Gasteiger partial charge is 0.253 e. The predicted octanol–water partition coefficient (Wildman–Crippen LogP) is -1.76. The lowest BCUT2D eigenvalue weighted by atomic mass is 10.3. The van der Waals surface area contributed by atoms with Gasteiger partial charge in [0, 0.05) is 63.3 Å². The Labute approximate surface area is 155 Å². The number of nitrogens with zero attached hydrogens (tertiary/aromatic N) is 2. The second kappa shape index (κ2) is 9.41. The van der Waals surface area contributed by atoms with Crippen molar-refractivity contribution in [3.63, 3.8) is 0 Å². The summed E-state index contributed by atoms with van der Waals surface area (Å²) >= 11 is 0. The number of amides is 6. The monoisotopic (exact) mass is 376 g/mol. The van der Waals surface area contributed by atoms with E-state index < -0.39 is 23.6 Å². The van der Waals surface area contributed by atoms with Crippen LogP contribution in [0.5, 0.6) is 0 Å². The largest absolute Gasteiger partial charge is 0.356 e. The molecule has 0 bridgehead atoms. The molecule has 27 heavy (non-hydrogen) atoms. The van der Waals surface area contributed by atoms with E-state index in [1.807, 2.05) is 0 Å². The quantitative estimate of drug-likeness (QED) is 0.343. The maximum atomic E-state index is 11.7. The summed E-state index contributed by atoms with van der Waals surface area (Å²) in [5.41, 5.74) is 0. The predicted molar refractivity (Wildman–Crippen MR) is 91.6 cm³/mol. The van der Waals surface area contributed by atoms with Gasteiger partial charge in [0.2, 0.25) is 11.8 Å². The van der Waals surface area contributed by atoms with Gasteiger partial charge in [-0.25, -0.2) is 0 Å². The SMILES string of the molecule is O=C(CCN1C(=O)C=CC1=O)NCCCNC(=O)CCN1C(=O)C=CC1=O. The second-order valence-electron chi connectivity index (χ2n) is 5.88. The molecule has 0 aromatic carbocycles. The summed E-state index contributed by atoms with van der Waals surface area (Å²) in [7, 11) is 0. The van der Waals surface area contributed by atoms with Gasteiger partial charge < -0.3 is 10.6 Å². The number of hydrogen-bond acceptors (Lipinski definition) is 6. The fourth-order valence-corrected chi connectivity index (χ4v) is 2.45. The third-order valence-electron chi connectivity index (χ3n) is 3.92. The van der Waals surface area contributed by atoms with Crippen LogP contribution in [-0.4, -0.2) is 71.4 Å². The molecule has 6 amide bonds. The van der Waals surface area contributed by atoms with E-state index in [0.29, 0.717) is 19.5 Å². The van der Waals surface area contributed by atoms with Crippen LogP contribution in [0.4, 0.5) is 0 Å². The minimum absolute atomic E-state index is 0.0114. The Hall–Kier alpha value is -3.30. The third kappa shape index (κ3) is 5.87. The lowest BCUT2D eigenvalue weighted by molar-refractivity contribution is -0.139. The molecule has 0 spiro atoms. The van der Waals surface area contributed by atoms with Crippen molar-refractivity contribution >= 4 is 35.4 Å². The van der Waals surface area contributed by atoms with Crippen LogP contribution < -0.4 is 10.6 Å². The fraction of sp³-hybridized carbons (Fsp3) is 0.412. The van der Waals surface area contributed by atoms with Gasteiger partial charge in [0.15, 0.2) is 0 Å². The number of rotatable bonds is 10. The molecule has 10 nitrogen and oxygen atoms in total. The average Bonchev–Trinajstić information content (AvgIpc) is 3.12. The Balaban J connectivity index is 1.50. The number of nitrogens with one attached hydrogen (secondary N) is 2. The van der Waals surface area contributed by atoms with Crippen molar-refractivity contribution in [3.8, 4) is 0 Å². The first kappa shape index (κ1) is 20.0. The molecular weight excluding hydrogens is 356 g/mol. The molecule has 10 heteroatoms. The Bertz CT molecular complexity index is 631. The molecule has 2 rings (SSSR count). The Kier molecular flexibility index (Phi) is 6.98. The van der Waals surface area contributed by atoms with Gasteiger partial charge in [0.1, 0.15) is 0 Å². The van der Waals surface area contributed by atoms with Crippen molar-refractivity contribution in [2.24, 2.45) is 0 Å². The topological polar surface area (TPSA) is 133 Å². The van der Waals surface area contributed by atoms with Crippen LogP contribution in [0.25, 0.3) is 0 Å². The van der Waals surface area contributed by atoms with Gasteiger partial charge in [0.05, 0.1) is 0 Å². The van der Waals surface area contributed by atoms with E-state index in [1.54, 1.807) is 0 Å². The minimum Gasteiger partial charge on any atom is -0.356 e. The number of carbonyl (C=O) groups is 6. The molecule has 2 N–H and O–H groups in total. The molecule has 0 unspecified atom stereocenters. The normalized spacial score (nSPS) is 15.9. The summed E-state index contributed by atoms with van der Waals surface area (Å²) in [6.07, 6.45) is 5.16. The van der Waals surface area contributed by atoms with Crippen molar-refractivity contribution in [2.75, 3.05) is 26.2 Å². The molecule has 2 aliphatic rings. The van der Waals surface area contributed by atoms with Crippen molar-refractivity contribution in [2.45, 2.75) is 19.3 Å². The summed E-state index contributed by atoms with van der Waals surface area (Å²) in [5.74, 6) is -2.31. The van der Waals surface area contributed by atoms with Gasteiger partial charge in [-0.05, 0) is 6.42 Å². The highest BCUT2D eigenvalue weighted by molar-refractivity contribution is 6.13. The second-order valence-corrected chi connectivity index (χ2v) is 5.88. The summed E-state index contributed by atoms with van der Waals surface area (Å²) < 4.78 is 0. The van der Waals surface area contributed by atoms with Crippen molar-refractivity contribution in [3.05, 3.63) is 24.3 Å². The zero-order valence-corrected chi connectivity index (χ0v) is 14.6. The number of imide groups is 2. The molecule has 0 aromatic rings. The van der Waals surface area contributed by atoms with Crippen LogP contribution >= 0.6 is 0 Å². The van der Waals surface area contributed by atoms with Crippen LogP contribution in [0, 0.1) is 0 Å². The average molecular weight is 376 g/mol. The molecule has 0 aliphatic carbocycles. The van der Waals surface area contributed by atoms with E-state index in [1.165, 1.54) is 0 Å². The zero-order chi connectivity index (χ0) is 19.8. The summed E-state index contributed by atoms with van der Waals surface area (Å²) in [6.45, 7) is 0.699. The summed E-state index contributed by atoms with van der Waals surface area (Å²) in [4.78, 5) is 70.7. The van der Waals surface area contributed by atoms with Gasteiger partial charge in [-0.2, -0.15) is 0 Å². The van der Waals surface area contributed by atoms with E-state index >= 15 is 0 Å². The molecular formula is C17H20N4O6. The maximum Gasteiger partial charge on any atom is 0.253 e.